The highest BCUT2D eigenvalue weighted by Gasteiger charge is 2.26. The number of hydrogen-bond acceptors (Lipinski definition) is 7. The minimum absolute atomic E-state index is 0.496. The summed E-state index contributed by atoms with van der Waals surface area (Å²) >= 11 is 3.44. The number of thioether (sulfide) groups is 2. The van der Waals surface area contributed by atoms with Crippen molar-refractivity contribution in [2.24, 2.45) is 32.1 Å². The molecular weight excluding hydrogens is 316 g/mol. The van der Waals surface area contributed by atoms with Crippen LogP contribution in [0.5, 0.6) is 0 Å². The van der Waals surface area contributed by atoms with Crippen LogP contribution in [0.25, 0.3) is 0 Å². The smallest absolute Gasteiger partial charge is 0.176 e. The van der Waals surface area contributed by atoms with Crippen LogP contribution in [0.3, 0.4) is 0 Å². The molecule has 22 heavy (non-hydrogen) atoms. The largest absolute Gasteiger partial charge is 0.311 e. The van der Waals surface area contributed by atoms with Gasteiger partial charge in [0.05, 0.1) is 0 Å². The van der Waals surface area contributed by atoms with Crippen LogP contribution in [0.4, 0.5) is 0 Å². The van der Waals surface area contributed by atoms with Gasteiger partial charge in [0.2, 0.25) is 0 Å². The fourth-order valence-corrected chi connectivity index (χ4v) is 4.33. The molecule has 1 saturated carbocycles. The molecule has 0 bridgehead atoms. The third kappa shape index (κ3) is 6.93. The summed E-state index contributed by atoms with van der Waals surface area (Å²) in [6.07, 6.45) is 4.83. The maximum Gasteiger partial charge on any atom is 0.176 e. The molecule has 0 radical (unpaired) electrons. The van der Waals surface area contributed by atoms with E-state index in [2.05, 4.69) is 44.5 Å². The molecule has 6 nitrogen and oxygen atoms in total. The molecule has 1 fully saturated rings. The van der Waals surface area contributed by atoms with Crippen LogP contribution in [0.1, 0.15) is 25.7 Å². The fraction of sp³-hybridized carbons (Fsp3) is 0.714. The van der Waals surface area contributed by atoms with Crippen molar-refractivity contribution in [1.82, 2.24) is 10.7 Å². The van der Waals surface area contributed by atoms with Crippen molar-refractivity contribution in [2.75, 3.05) is 25.7 Å². The van der Waals surface area contributed by atoms with E-state index in [9.17, 15) is 0 Å². The van der Waals surface area contributed by atoms with E-state index >= 15 is 0 Å². The number of rotatable bonds is 7. The summed E-state index contributed by atoms with van der Waals surface area (Å²) in [5.41, 5.74) is 2.82. The Kier molecular flexibility index (Phi) is 10.2. The highest BCUT2D eigenvalue weighted by atomic mass is 32.2. The predicted molar refractivity (Wildman–Crippen MR) is 102 cm³/mol. The Labute approximate surface area is 141 Å². The van der Waals surface area contributed by atoms with Crippen LogP contribution in [0, 0.1) is 11.8 Å². The monoisotopic (exact) mass is 342 g/mol. The number of amidine groups is 1. The zero-order valence-corrected chi connectivity index (χ0v) is 15.0. The first-order valence-electron chi connectivity index (χ1n) is 7.37. The van der Waals surface area contributed by atoms with E-state index in [1.807, 2.05) is 7.05 Å². The standard InChI is InChI=1S/C14H26N6S2/c1-15-10-22-13(19-17-3)12-7-5-6-11(8-12)9-21-14(16-2)20-18-4/h11-12,15H,3-10H2,1-2H3,(H,16,20)/b19-13-/t11?,12-/m0/s1. The van der Waals surface area contributed by atoms with Crippen molar-refractivity contribution in [3.8, 4) is 0 Å². The van der Waals surface area contributed by atoms with Gasteiger partial charge >= 0.3 is 0 Å². The molecule has 124 valence electrons. The van der Waals surface area contributed by atoms with Gasteiger partial charge in [-0.25, -0.2) is 0 Å². The van der Waals surface area contributed by atoms with Crippen molar-refractivity contribution < 1.29 is 0 Å². The number of nitrogens with zero attached hydrogens (tertiary/aromatic N) is 4. The SMILES string of the molecule is C=N/N=C(\SCNC)[C@H]1CCCC(CSC(=NC)NN=C)C1. The Morgan fingerprint density at radius 2 is 2.09 bits per heavy atom. The molecule has 1 rings (SSSR count). The van der Waals surface area contributed by atoms with E-state index in [-0.39, 0.29) is 0 Å². The van der Waals surface area contributed by atoms with Crippen molar-refractivity contribution in [2.45, 2.75) is 25.7 Å². The van der Waals surface area contributed by atoms with Gasteiger partial charge in [0.1, 0.15) is 5.04 Å². The van der Waals surface area contributed by atoms with Crippen LogP contribution in [-0.4, -0.2) is 49.4 Å². The maximum absolute atomic E-state index is 4.25. The van der Waals surface area contributed by atoms with Gasteiger partial charge in [0.25, 0.3) is 0 Å². The lowest BCUT2D eigenvalue weighted by Gasteiger charge is -2.29. The van der Waals surface area contributed by atoms with Gasteiger partial charge in [-0.1, -0.05) is 29.9 Å². The van der Waals surface area contributed by atoms with Crippen molar-refractivity contribution >= 4 is 47.2 Å². The van der Waals surface area contributed by atoms with Crippen LogP contribution in [-0.2, 0) is 0 Å². The molecule has 0 aromatic heterocycles. The lowest BCUT2D eigenvalue weighted by Crippen LogP contribution is -2.25. The lowest BCUT2D eigenvalue weighted by molar-refractivity contribution is 0.347. The van der Waals surface area contributed by atoms with Crippen LogP contribution in [0.2, 0.25) is 0 Å². The van der Waals surface area contributed by atoms with E-state index in [0.29, 0.717) is 11.8 Å². The van der Waals surface area contributed by atoms with Gasteiger partial charge in [-0.05, 0) is 32.2 Å². The molecule has 0 aromatic carbocycles. The maximum atomic E-state index is 4.25. The Bertz CT molecular complexity index is 410. The molecule has 2 atom stereocenters. The van der Waals surface area contributed by atoms with Gasteiger partial charge in [0, 0.05) is 38.0 Å². The molecule has 8 heteroatoms. The van der Waals surface area contributed by atoms with E-state index in [1.54, 1.807) is 30.6 Å². The normalized spacial score (nSPS) is 23.2. The van der Waals surface area contributed by atoms with Crippen molar-refractivity contribution in [3.63, 3.8) is 0 Å². The van der Waals surface area contributed by atoms with Crippen LogP contribution in [0.15, 0.2) is 20.3 Å². The minimum Gasteiger partial charge on any atom is -0.311 e. The Balaban J connectivity index is 2.53. The number of hydrazone groups is 1. The molecule has 1 aliphatic rings. The highest BCUT2D eigenvalue weighted by molar-refractivity contribution is 8.14. The predicted octanol–water partition coefficient (Wildman–Crippen LogP) is 2.64. The summed E-state index contributed by atoms with van der Waals surface area (Å²) in [5.74, 6) is 3.05. The Hall–Kier alpha value is -0.860. The van der Waals surface area contributed by atoms with Crippen molar-refractivity contribution in [3.05, 3.63) is 0 Å². The summed E-state index contributed by atoms with van der Waals surface area (Å²) < 4.78 is 0. The summed E-state index contributed by atoms with van der Waals surface area (Å²) in [5, 5.41) is 16.7. The van der Waals surface area contributed by atoms with Crippen LogP contribution >= 0.6 is 23.5 Å². The number of aliphatic imine (C=N–C) groups is 1. The van der Waals surface area contributed by atoms with Gasteiger partial charge in [0.15, 0.2) is 5.17 Å². The summed E-state index contributed by atoms with van der Waals surface area (Å²) in [7, 11) is 3.71. The molecule has 1 unspecified atom stereocenters. The zero-order chi connectivity index (χ0) is 16.2. The molecule has 0 saturated heterocycles. The van der Waals surface area contributed by atoms with Gasteiger partial charge in [-0.3, -0.25) is 10.4 Å². The van der Waals surface area contributed by atoms with E-state index in [4.69, 9.17) is 0 Å². The number of hydrogen-bond donors (Lipinski definition) is 2. The van der Waals surface area contributed by atoms with Crippen LogP contribution < -0.4 is 10.7 Å². The molecule has 0 heterocycles. The zero-order valence-electron chi connectivity index (χ0n) is 13.4. The van der Waals surface area contributed by atoms with Gasteiger partial charge in [-0.2, -0.15) is 10.2 Å². The number of nitrogens with one attached hydrogen (secondary N) is 2. The van der Waals surface area contributed by atoms with E-state index in [0.717, 1.165) is 28.3 Å². The Morgan fingerprint density at radius 1 is 1.27 bits per heavy atom. The summed E-state index contributed by atoms with van der Waals surface area (Å²) in [6.45, 7) is 6.93. The first kappa shape index (κ1) is 19.2. The van der Waals surface area contributed by atoms with Gasteiger partial charge in [-0.15, -0.1) is 5.10 Å². The summed E-state index contributed by atoms with van der Waals surface area (Å²) in [4.78, 5) is 4.16. The van der Waals surface area contributed by atoms with Crippen molar-refractivity contribution in [1.29, 1.82) is 0 Å². The Morgan fingerprint density at radius 3 is 2.73 bits per heavy atom. The highest BCUT2D eigenvalue weighted by Crippen LogP contribution is 2.34. The minimum atomic E-state index is 0.496. The lowest BCUT2D eigenvalue weighted by atomic mass is 9.83. The first-order chi connectivity index (χ1) is 10.7. The average molecular weight is 343 g/mol. The second-order valence-corrected chi connectivity index (χ2v) is 7.07. The van der Waals surface area contributed by atoms with E-state index < -0.39 is 0 Å². The summed E-state index contributed by atoms with van der Waals surface area (Å²) in [6, 6.07) is 0. The third-order valence-electron chi connectivity index (χ3n) is 3.50. The second kappa shape index (κ2) is 11.7. The molecule has 0 aromatic rings. The molecular formula is C14H26N6S2. The molecule has 2 N–H and O–H groups in total. The molecule has 1 aliphatic carbocycles. The first-order valence-corrected chi connectivity index (χ1v) is 9.34. The second-order valence-electron chi connectivity index (χ2n) is 5.06. The van der Waals surface area contributed by atoms with Gasteiger partial charge < -0.3 is 5.32 Å². The molecule has 0 amide bonds. The molecule has 0 aliphatic heterocycles. The average Bonchev–Trinajstić information content (AvgIpc) is 2.55. The van der Waals surface area contributed by atoms with E-state index in [1.165, 1.54) is 19.3 Å². The fourth-order valence-electron chi connectivity index (χ4n) is 2.52. The topological polar surface area (TPSA) is 73.5 Å². The molecule has 0 spiro atoms. The third-order valence-corrected chi connectivity index (χ3v) is 5.83. The quantitative estimate of drug-likeness (QED) is 0.323.